The van der Waals surface area contributed by atoms with Gasteiger partial charge in [0.2, 0.25) is 0 Å². The van der Waals surface area contributed by atoms with Crippen LogP contribution in [-0.4, -0.2) is 15.6 Å². The Kier molecular flexibility index (Phi) is 5.91. The lowest BCUT2D eigenvalue weighted by atomic mass is 9.83. The van der Waals surface area contributed by atoms with Gasteiger partial charge in [0.25, 0.3) is 5.56 Å². The van der Waals surface area contributed by atoms with Gasteiger partial charge in [-0.3, -0.25) is 9.36 Å². The van der Waals surface area contributed by atoms with Crippen molar-refractivity contribution in [1.82, 2.24) is 4.57 Å². The molecule has 0 spiro atoms. The third-order valence-electron chi connectivity index (χ3n) is 7.40. The smallest absolute Gasteiger partial charge is 0.336 e. The molecular formula is C32H21ClN2O4S. The number of carboxylic acids is 1. The van der Waals surface area contributed by atoms with Crippen LogP contribution in [0.5, 0.6) is 0 Å². The van der Waals surface area contributed by atoms with Gasteiger partial charge in [-0.1, -0.05) is 83.6 Å². The molecule has 1 N–H and O–H groups in total. The van der Waals surface area contributed by atoms with Gasteiger partial charge in [0, 0.05) is 22.2 Å². The minimum atomic E-state index is -1.04. The van der Waals surface area contributed by atoms with Gasteiger partial charge in [0.05, 0.1) is 21.8 Å². The lowest BCUT2D eigenvalue weighted by Crippen LogP contribution is -2.38. The molecule has 0 bridgehead atoms. The predicted molar refractivity (Wildman–Crippen MR) is 155 cm³/mol. The second-order valence-corrected chi connectivity index (χ2v) is 11.1. The number of benzene rings is 3. The Bertz CT molecular complexity index is 2050. The number of allylic oxidation sites excluding steroid dienone is 1. The summed E-state index contributed by atoms with van der Waals surface area (Å²) in [5, 5.41) is 10.2. The van der Waals surface area contributed by atoms with E-state index in [1.165, 1.54) is 23.0 Å². The van der Waals surface area contributed by atoms with Crippen LogP contribution in [0.3, 0.4) is 0 Å². The number of carbonyl (C=O) groups is 1. The summed E-state index contributed by atoms with van der Waals surface area (Å²) >= 11 is 8.01. The number of carboxylic acid groups (broad SMARTS) is 1. The maximum absolute atomic E-state index is 14.0. The number of aromatic carboxylic acids is 1. The number of hydrogen-bond donors (Lipinski definition) is 1. The molecule has 0 saturated heterocycles. The Morgan fingerprint density at radius 3 is 2.55 bits per heavy atom. The fourth-order valence-corrected chi connectivity index (χ4v) is 6.80. The highest BCUT2D eigenvalue weighted by atomic mass is 35.5. The fraction of sp³-hybridized carbons (Fsp3) is 0.0938. The Labute approximate surface area is 237 Å². The Morgan fingerprint density at radius 2 is 1.73 bits per heavy atom. The van der Waals surface area contributed by atoms with E-state index in [0.717, 1.165) is 35.2 Å². The zero-order chi connectivity index (χ0) is 27.4. The normalized spacial score (nSPS) is 16.2. The van der Waals surface area contributed by atoms with Crippen LogP contribution in [0.4, 0.5) is 0 Å². The van der Waals surface area contributed by atoms with Gasteiger partial charge >= 0.3 is 5.97 Å². The van der Waals surface area contributed by atoms with Crippen molar-refractivity contribution in [1.29, 1.82) is 0 Å². The van der Waals surface area contributed by atoms with Crippen LogP contribution >= 0.6 is 22.9 Å². The quantitative estimate of drug-likeness (QED) is 0.293. The average molecular weight is 565 g/mol. The van der Waals surface area contributed by atoms with Gasteiger partial charge in [-0.2, -0.15) is 0 Å². The molecule has 1 aliphatic carbocycles. The number of aryl methyl sites for hydroxylation is 1. The minimum Gasteiger partial charge on any atom is -0.478 e. The first-order valence-corrected chi connectivity index (χ1v) is 14.0. The molecular weight excluding hydrogens is 544 g/mol. The molecule has 2 aromatic heterocycles. The van der Waals surface area contributed by atoms with E-state index >= 15 is 0 Å². The number of aromatic nitrogens is 1. The van der Waals surface area contributed by atoms with Gasteiger partial charge in [-0.15, -0.1) is 0 Å². The number of fused-ring (bicyclic) bond motifs is 3. The van der Waals surface area contributed by atoms with Gasteiger partial charge in [-0.25, -0.2) is 9.79 Å². The summed E-state index contributed by atoms with van der Waals surface area (Å²) in [4.78, 5) is 31.3. The molecule has 40 heavy (non-hydrogen) atoms. The van der Waals surface area contributed by atoms with Crippen molar-refractivity contribution in [2.24, 2.45) is 4.99 Å². The van der Waals surface area contributed by atoms with Crippen molar-refractivity contribution < 1.29 is 14.3 Å². The maximum atomic E-state index is 14.0. The number of thiazole rings is 1. The first-order chi connectivity index (χ1) is 19.5. The molecule has 5 aromatic rings. The zero-order valence-corrected chi connectivity index (χ0v) is 22.6. The molecule has 6 nitrogen and oxygen atoms in total. The van der Waals surface area contributed by atoms with E-state index in [0.29, 0.717) is 31.4 Å². The molecule has 1 atom stereocenters. The molecule has 196 valence electrons. The van der Waals surface area contributed by atoms with Crippen molar-refractivity contribution in [2.75, 3.05) is 0 Å². The number of rotatable bonds is 4. The Hall–Kier alpha value is -4.46. The van der Waals surface area contributed by atoms with Crippen LogP contribution in [0.2, 0.25) is 5.02 Å². The third-order valence-corrected chi connectivity index (χ3v) is 8.72. The van der Waals surface area contributed by atoms with Gasteiger partial charge in [0.15, 0.2) is 4.80 Å². The predicted octanol–water partition coefficient (Wildman–Crippen LogP) is 5.93. The molecule has 0 amide bonds. The van der Waals surface area contributed by atoms with E-state index in [2.05, 4.69) is 12.1 Å². The highest BCUT2D eigenvalue weighted by Crippen LogP contribution is 2.42. The SMILES string of the molecule is O=C(O)c1ccccc1-c1ccc(/C=c2/sc3n(c2=O)C(c2ccccc2Cl)C2=C(N=3)c3ccccc3CC2)o1. The number of furan rings is 1. The van der Waals surface area contributed by atoms with Crippen LogP contribution in [0.25, 0.3) is 23.1 Å². The lowest BCUT2D eigenvalue weighted by molar-refractivity contribution is 0.0697. The second kappa shape index (κ2) is 9.62. The first-order valence-electron chi connectivity index (χ1n) is 12.8. The summed E-state index contributed by atoms with van der Waals surface area (Å²) in [5.74, 6) is -0.172. The topological polar surface area (TPSA) is 84.8 Å². The molecule has 0 fully saturated rings. The van der Waals surface area contributed by atoms with Crippen LogP contribution in [0.15, 0.2) is 105 Å². The summed E-state index contributed by atoms with van der Waals surface area (Å²) < 4.78 is 8.21. The van der Waals surface area contributed by atoms with E-state index in [4.69, 9.17) is 21.0 Å². The third kappa shape index (κ3) is 3.97. The minimum absolute atomic E-state index is 0.147. The first kappa shape index (κ1) is 24.6. The molecule has 3 heterocycles. The molecule has 7 rings (SSSR count). The van der Waals surface area contributed by atoms with E-state index in [1.807, 2.05) is 36.4 Å². The zero-order valence-electron chi connectivity index (χ0n) is 21.0. The Balaban J connectivity index is 1.41. The number of nitrogens with zero attached hydrogens (tertiary/aromatic N) is 2. The number of hydrogen-bond acceptors (Lipinski definition) is 5. The molecule has 1 unspecified atom stereocenters. The van der Waals surface area contributed by atoms with Gasteiger partial charge in [-0.05, 0) is 53.8 Å². The van der Waals surface area contributed by atoms with Gasteiger partial charge in [0.1, 0.15) is 11.5 Å². The van der Waals surface area contributed by atoms with Crippen molar-refractivity contribution >= 4 is 40.7 Å². The molecule has 8 heteroatoms. The van der Waals surface area contributed by atoms with E-state index in [1.54, 1.807) is 41.0 Å². The summed E-state index contributed by atoms with van der Waals surface area (Å²) in [7, 11) is 0. The highest BCUT2D eigenvalue weighted by molar-refractivity contribution is 7.07. The van der Waals surface area contributed by atoms with Crippen molar-refractivity contribution in [3.63, 3.8) is 0 Å². The summed E-state index contributed by atoms with van der Waals surface area (Å²) in [6.07, 6.45) is 3.33. The van der Waals surface area contributed by atoms with Crippen LogP contribution in [0.1, 0.15) is 45.3 Å². The van der Waals surface area contributed by atoms with Crippen molar-refractivity contribution in [3.05, 3.63) is 143 Å². The molecule has 1 aliphatic heterocycles. The van der Waals surface area contributed by atoms with Crippen LogP contribution < -0.4 is 14.9 Å². The second-order valence-electron chi connectivity index (χ2n) is 9.69. The highest BCUT2D eigenvalue weighted by Gasteiger charge is 2.33. The lowest BCUT2D eigenvalue weighted by Gasteiger charge is -2.31. The molecule has 0 saturated carbocycles. The average Bonchev–Trinajstić information content (AvgIpc) is 3.56. The largest absolute Gasteiger partial charge is 0.478 e. The monoisotopic (exact) mass is 564 g/mol. The van der Waals surface area contributed by atoms with Gasteiger partial charge < -0.3 is 9.52 Å². The van der Waals surface area contributed by atoms with Crippen molar-refractivity contribution in [2.45, 2.75) is 18.9 Å². The standard InChI is InChI=1S/C32H21ClN2O4S/c33-25-12-6-5-11-23(25)29-24-15-13-18-7-1-2-8-20(18)28(24)34-32-35(29)30(36)27(40-32)17-19-14-16-26(39-19)21-9-3-4-10-22(21)31(37)38/h1-12,14,16-17,29H,13,15H2,(H,37,38)/b27-17+. The van der Waals surface area contributed by atoms with Crippen LogP contribution in [0, 0.1) is 0 Å². The molecule has 0 radical (unpaired) electrons. The van der Waals surface area contributed by atoms with E-state index in [-0.39, 0.29) is 17.2 Å². The molecule has 3 aromatic carbocycles. The van der Waals surface area contributed by atoms with Crippen molar-refractivity contribution in [3.8, 4) is 11.3 Å². The fourth-order valence-electron chi connectivity index (χ4n) is 5.58. The van der Waals surface area contributed by atoms with Crippen LogP contribution in [-0.2, 0) is 6.42 Å². The summed E-state index contributed by atoms with van der Waals surface area (Å²) in [5.41, 5.74) is 5.63. The summed E-state index contributed by atoms with van der Waals surface area (Å²) in [6, 6.07) is 25.7. The molecule has 2 aliphatic rings. The van der Waals surface area contributed by atoms with E-state index < -0.39 is 5.97 Å². The van der Waals surface area contributed by atoms with E-state index in [9.17, 15) is 14.7 Å². The Morgan fingerprint density at radius 1 is 0.975 bits per heavy atom. The maximum Gasteiger partial charge on any atom is 0.336 e. The number of halogens is 1. The summed E-state index contributed by atoms with van der Waals surface area (Å²) in [6.45, 7) is 0.